The van der Waals surface area contributed by atoms with Crippen LogP contribution >= 0.6 is 11.8 Å². The van der Waals surface area contributed by atoms with Gasteiger partial charge in [0, 0.05) is 35.8 Å². The largest absolute Gasteiger partial charge is 0.326 e. The van der Waals surface area contributed by atoms with Crippen LogP contribution in [0.3, 0.4) is 0 Å². The van der Waals surface area contributed by atoms with Crippen molar-refractivity contribution in [3.63, 3.8) is 0 Å². The number of amides is 1. The van der Waals surface area contributed by atoms with E-state index < -0.39 is 10.0 Å². The summed E-state index contributed by atoms with van der Waals surface area (Å²) < 4.78 is 26.6. The fraction of sp³-hybridized carbons (Fsp3) is 0.381. The highest BCUT2D eigenvalue weighted by Crippen LogP contribution is 2.23. The molecule has 0 atom stereocenters. The highest BCUT2D eigenvalue weighted by molar-refractivity contribution is 7.99. The summed E-state index contributed by atoms with van der Waals surface area (Å²) >= 11 is 1.66. The lowest BCUT2D eigenvalue weighted by atomic mass is 10.1. The molecule has 1 aliphatic heterocycles. The number of carbonyl (C=O) groups excluding carboxylic acids is 1. The molecule has 28 heavy (non-hydrogen) atoms. The Morgan fingerprint density at radius 2 is 1.71 bits per heavy atom. The zero-order chi connectivity index (χ0) is 20.1. The number of sulfonamides is 1. The van der Waals surface area contributed by atoms with E-state index in [0.717, 1.165) is 17.7 Å². The van der Waals surface area contributed by atoms with E-state index in [2.05, 4.69) is 37.4 Å². The Labute approximate surface area is 171 Å². The number of nitrogens with one attached hydrogen (secondary N) is 1. The molecule has 0 saturated carbocycles. The van der Waals surface area contributed by atoms with E-state index in [1.54, 1.807) is 36.0 Å². The van der Waals surface area contributed by atoms with E-state index in [-0.39, 0.29) is 10.8 Å². The smallest absolute Gasteiger partial charge is 0.243 e. The summed E-state index contributed by atoms with van der Waals surface area (Å²) in [7, 11) is -3.42. The predicted octanol–water partition coefficient (Wildman–Crippen LogP) is 4.21. The lowest BCUT2D eigenvalue weighted by Crippen LogP contribution is -2.27. The molecule has 1 amide bonds. The van der Waals surface area contributed by atoms with E-state index >= 15 is 0 Å². The van der Waals surface area contributed by atoms with Crippen LogP contribution in [0.25, 0.3) is 0 Å². The van der Waals surface area contributed by atoms with Gasteiger partial charge in [-0.05, 0) is 74.2 Å². The first-order chi connectivity index (χ1) is 13.4. The van der Waals surface area contributed by atoms with E-state index in [1.165, 1.54) is 15.4 Å². The minimum atomic E-state index is -3.42. The van der Waals surface area contributed by atoms with Gasteiger partial charge in [-0.15, -0.1) is 11.8 Å². The van der Waals surface area contributed by atoms with Crippen LogP contribution in [0, 0.1) is 13.8 Å². The summed E-state index contributed by atoms with van der Waals surface area (Å²) in [5.41, 5.74) is 3.12. The van der Waals surface area contributed by atoms with Gasteiger partial charge in [0.1, 0.15) is 0 Å². The van der Waals surface area contributed by atoms with Crippen molar-refractivity contribution in [2.24, 2.45) is 0 Å². The molecular weight excluding hydrogens is 392 g/mol. The fourth-order valence-electron chi connectivity index (χ4n) is 3.08. The first-order valence-electron chi connectivity index (χ1n) is 9.46. The van der Waals surface area contributed by atoms with Gasteiger partial charge < -0.3 is 5.32 Å². The van der Waals surface area contributed by atoms with Crippen molar-refractivity contribution >= 4 is 33.4 Å². The van der Waals surface area contributed by atoms with Crippen LogP contribution in [0.5, 0.6) is 0 Å². The van der Waals surface area contributed by atoms with Crippen LogP contribution in [0.1, 0.15) is 30.4 Å². The van der Waals surface area contributed by atoms with Gasteiger partial charge in [-0.25, -0.2) is 8.42 Å². The number of benzene rings is 2. The number of aryl methyl sites for hydroxylation is 2. The number of nitrogens with zero attached hydrogens (tertiary/aromatic N) is 1. The third-order valence-corrected chi connectivity index (χ3v) is 7.83. The SMILES string of the molecule is Cc1ccc(SCCC(=O)Nc2ccc(S(=O)(=O)N3CCCC3)cc2)cc1C. The molecule has 150 valence electrons. The van der Waals surface area contributed by atoms with E-state index in [0.29, 0.717) is 31.0 Å². The Hall–Kier alpha value is -1.83. The summed E-state index contributed by atoms with van der Waals surface area (Å²) in [5, 5.41) is 2.84. The molecule has 7 heteroatoms. The molecular formula is C21H26N2O3S2. The number of rotatable bonds is 7. The van der Waals surface area contributed by atoms with Gasteiger partial charge >= 0.3 is 0 Å². The molecule has 2 aromatic carbocycles. The molecule has 0 radical (unpaired) electrons. The van der Waals surface area contributed by atoms with Gasteiger partial charge in [0.15, 0.2) is 0 Å². The average molecular weight is 419 g/mol. The van der Waals surface area contributed by atoms with Crippen LogP contribution in [0.2, 0.25) is 0 Å². The number of hydrogen-bond acceptors (Lipinski definition) is 4. The molecule has 0 spiro atoms. The highest BCUT2D eigenvalue weighted by Gasteiger charge is 2.26. The lowest BCUT2D eigenvalue weighted by molar-refractivity contribution is -0.115. The maximum Gasteiger partial charge on any atom is 0.243 e. The van der Waals surface area contributed by atoms with Crippen LogP contribution < -0.4 is 5.32 Å². The quantitative estimate of drug-likeness (QED) is 0.684. The van der Waals surface area contributed by atoms with E-state index in [4.69, 9.17) is 0 Å². The van der Waals surface area contributed by atoms with Gasteiger partial charge in [-0.1, -0.05) is 6.07 Å². The third-order valence-electron chi connectivity index (χ3n) is 4.92. The fourth-order valence-corrected chi connectivity index (χ4v) is 5.54. The minimum Gasteiger partial charge on any atom is -0.326 e. The van der Waals surface area contributed by atoms with E-state index in [1.807, 2.05) is 0 Å². The molecule has 2 aromatic rings. The third kappa shape index (κ3) is 5.16. The summed E-state index contributed by atoms with van der Waals surface area (Å²) in [4.78, 5) is 13.6. The van der Waals surface area contributed by atoms with Crippen molar-refractivity contribution in [3.05, 3.63) is 53.6 Å². The first kappa shape index (κ1) is 20.9. The Morgan fingerprint density at radius 3 is 2.36 bits per heavy atom. The highest BCUT2D eigenvalue weighted by atomic mass is 32.2. The summed E-state index contributed by atoms with van der Waals surface area (Å²) in [6, 6.07) is 12.7. The summed E-state index contributed by atoms with van der Waals surface area (Å²) in [5.74, 6) is 0.613. The molecule has 3 rings (SSSR count). The molecule has 1 fully saturated rings. The summed E-state index contributed by atoms with van der Waals surface area (Å²) in [6.45, 7) is 5.33. The molecule has 5 nitrogen and oxygen atoms in total. The predicted molar refractivity (Wildman–Crippen MR) is 114 cm³/mol. The van der Waals surface area contributed by atoms with Crippen molar-refractivity contribution in [2.45, 2.75) is 42.9 Å². The van der Waals surface area contributed by atoms with Crippen molar-refractivity contribution in [3.8, 4) is 0 Å². The first-order valence-corrected chi connectivity index (χ1v) is 11.9. The molecule has 0 aliphatic carbocycles. The van der Waals surface area contributed by atoms with Crippen LogP contribution in [0.15, 0.2) is 52.3 Å². The van der Waals surface area contributed by atoms with Crippen molar-refractivity contribution in [1.82, 2.24) is 4.31 Å². The monoisotopic (exact) mass is 418 g/mol. The second kappa shape index (κ2) is 9.11. The van der Waals surface area contributed by atoms with Crippen molar-refractivity contribution in [1.29, 1.82) is 0 Å². The van der Waals surface area contributed by atoms with Crippen LogP contribution in [0.4, 0.5) is 5.69 Å². The van der Waals surface area contributed by atoms with Crippen molar-refractivity contribution in [2.75, 3.05) is 24.2 Å². The number of carbonyl (C=O) groups is 1. The van der Waals surface area contributed by atoms with Gasteiger partial charge in [0.2, 0.25) is 15.9 Å². The molecule has 0 unspecified atom stereocenters. The minimum absolute atomic E-state index is 0.0773. The molecule has 1 saturated heterocycles. The molecule has 0 bridgehead atoms. The van der Waals surface area contributed by atoms with Gasteiger partial charge in [-0.2, -0.15) is 4.31 Å². The zero-order valence-electron chi connectivity index (χ0n) is 16.3. The zero-order valence-corrected chi connectivity index (χ0v) is 17.9. The van der Waals surface area contributed by atoms with Gasteiger partial charge in [-0.3, -0.25) is 4.79 Å². The van der Waals surface area contributed by atoms with Gasteiger partial charge in [0.25, 0.3) is 0 Å². The average Bonchev–Trinajstić information content (AvgIpc) is 3.21. The maximum atomic E-state index is 12.5. The summed E-state index contributed by atoms with van der Waals surface area (Å²) in [6.07, 6.45) is 2.21. The van der Waals surface area contributed by atoms with Crippen LogP contribution in [-0.4, -0.2) is 37.5 Å². The molecule has 1 N–H and O–H groups in total. The molecule has 1 aliphatic rings. The van der Waals surface area contributed by atoms with E-state index in [9.17, 15) is 13.2 Å². The number of thioether (sulfide) groups is 1. The van der Waals surface area contributed by atoms with Gasteiger partial charge in [0.05, 0.1) is 4.90 Å². The second-order valence-electron chi connectivity index (χ2n) is 7.03. The lowest BCUT2D eigenvalue weighted by Gasteiger charge is -2.15. The second-order valence-corrected chi connectivity index (χ2v) is 10.1. The topological polar surface area (TPSA) is 66.5 Å². The normalized spacial score (nSPS) is 14.9. The Morgan fingerprint density at radius 1 is 1.04 bits per heavy atom. The Bertz CT molecular complexity index is 935. The Kier molecular flexibility index (Phi) is 6.80. The Balaban J connectivity index is 1.50. The van der Waals surface area contributed by atoms with Crippen molar-refractivity contribution < 1.29 is 13.2 Å². The number of anilines is 1. The number of hydrogen-bond donors (Lipinski definition) is 1. The van der Waals surface area contributed by atoms with Crippen LogP contribution in [-0.2, 0) is 14.8 Å². The molecule has 1 heterocycles. The maximum absolute atomic E-state index is 12.5. The molecule has 0 aromatic heterocycles. The standard InChI is InChI=1S/C21H26N2O3S2/c1-16-5-8-19(15-17(16)2)27-14-11-21(24)22-18-6-9-20(10-7-18)28(25,26)23-12-3-4-13-23/h5-10,15H,3-4,11-14H2,1-2H3,(H,22,24).